The number of hydrogen-bond donors (Lipinski definition) is 1. The third-order valence-corrected chi connectivity index (χ3v) is 8.57. The van der Waals surface area contributed by atoms with E-state index in [1.165, 1.54) is 23.5 Å². The second-order valence-corrected chi connectivity index (χ2v) is 11.6. The van der Waals surface area contributed by atoms with Crippen LogP contribution in [-0.4, -0.2) is 35.3 Å². The predicted octanol–water partition coefficient (Wildman–Crippen LogP) is 5.22. The highest BCUT2D eigenvalue weighted by atomic mass is 32.1. The van der Waals surface area contributed by atoms with Gasteiger partial charge in [-0.2, -0.15) is 0 Å². The molecule has 236 valence electrons. The number of nitrogens with zero attached hydrogens (tertiary/aromatic N) is 2. The van der Waals surface area contributed by atoms with Crippen LogP contribution in [0.15, 0.2) is 118 Å². The Labute approximate surface area is 274 Å². The molecular weight excluding hydrogens is 616 g/mol. The molecule has 9 nitrogen and oxygen atoms in total. The number of benzene rings is 4. The molecule has 47 heavy (non-hydrogen) atoms. The van der Waals surface area contributed by atoms with Gasteiger partial charge in [0.15, 0.2) is 4.80 Å². The highest BCUT2D eigenvalue weighted by molar-refractivity contribution is 7.07. The maximum Gasteiger partial charge on any atom is 0.338 e. The summed E-state index contributed by atoms with van der Waals surface area (Å²) < 4.78 is 18.8. The number of carbonyl (C=O) groups is 2. The molecule has 6 rings (SSSR count). The van der Waals surface area contributed by atoms with Gasteiger partial charge in [-0.25, -0.2) is 14.6 Å². The van der Waals surface area contributed by atoms with E-state index in [9.17, 15) is 14.4 Å². The van der Waals surface area contributed by atoms with Gasteiger partial charge in [-0.05, 0) is 66.1 Å². The maximum absolute atomic E-state index is 14.1. The normalized spacial score (nSPS) is 14.3. The van der Waals surface area contributed by atoms with E-state index in [4.69, 9.17) is 24.3 Å². The molecule has 1 aliphatic rings. The number of hydrogen-bond acceptors (Lipinski definition) is 8. The molecule has 1 atom stereocenters. The summed E-state index contributed by atoms with van der Waals surface area (Å²) in [5, 5.41) is 9.09. The van der Waals surface area contributed by atoms with Gasteiger partial charge in [0, 0.05) is 5.56 Å². The lowest BCUT2D eigenvalue weighted by Gasteiger charge is -2.26. The monoisotopic (exact) mass is 646 g/mol. The first-order chi connectivity index (χ1) is 22.9. The molecule has 5 aromatic rings. The number of fused-ring (bicyclic) bond motifs is 1. The lowest BCUT2D eigenvalue weighted by atomic mass is 9.93. The first kappa shape index (κ1) is 31.3. The molecule has 0 unspecified atom stereocenters. The summed E-state index contributed by atoms with van der Waals surface area (Å²) in [4.78, 5) is 44.1. The SMILES string of the molecule is CCOC(=O)C1=C(c2ccccc2)N=c2s/c(=C/c3ccc(OCc4ccc(C(=O)O)cc4)cc3)c(=O)n2[C@@H]1c1ccc(OC)cc1. The molecule has 1 aromatic heterocycles. The number of ether oxygens (including phenoxy) is 3. The topological polar surface area (TPSA) is 116 Å². The minimum absolute atomic E-state index is 0.168. The first-order valence-electron chi connectivity index (χ1n) is 14.8. The molecule has 1 N–H and O–H groups in total. The quantitative estimate of drug-likeness (QED) is 0.207. The van der Waals surface area contributed by atoms with Crippen LogP contribution < -0.4 is 24.4 Å². The van der Waals surface area contributed by atoms with Crippen LogP contribution in [0, 0.1) is 0 Å². The summed E-state index contributed by atoms with van der Waals surface area (Å²) in [6.07, 6.45) is 1.79. The van der Waals surface area contributed by atoms with Crippen LogP contribution >= 0.6 is 11.3 Å². The Kier molecular flexibility index (Phi) is 9.12. The van der Waals surface area contributed by atoms with Crippen molar-refractivity contribution in [3.05, 3.63) is 156 Å². The Morgan fingerprint density at radius 3 is 2.23 bits per heavy atom. The van der Waals surface area contributed by atoms with E-state index in [0.29, 0.717) is 32.1 Å². The number of aromatic nitrogens is 1. The van der Waals surface area contributed by atoms with E-state index in [0.717, 1.165) is 16.7 Å². The van der Waals surface area contributed by atoms with Crippen molar-refractivity contribution in [1.29, 1.82) is 0 Å². The average Bonchev–Trinajstić information content (AvgIpc) is 3.41. The van der Waals surface area contributed by atoms with E-state index < -0.39 is 18.0 Å². The molecule has 0 amide bonds. The van der Waals surface area contributed by atoms with Crippen LogP contribution in [0.2, 0.25) is 0 Å². The zero-order valence-corrected chi connectivity index (χ0v) is 26.4. The summed E-state index contributed by atoms with van der Waals surface area (Å²) in [5.74, 6) is -0.252. The van der Waals surface area contributed by atoms with Crippen molar-refractivity contribution in [3.8, 4) is 11.5 Å². The fourth-order valence-corrected chi connectivity index (χ4v) is 6.26. The third-order valence-electron chi connectivity index (χ3n) is 7.59. The highest BCUT2D eigenvalue weighted by Crippen LogP contribution is 2.35. The van der Waals surface area contributed by atoms with Crippen LogP contribution in [0.3, 0.4) is 0 Å². The van der Waals surface area contributed by atoms with Gasteiger partial charge in [0.1, 0.15) is 18.1 Å². The lowest BCUT2D eigenvalue weighted by Crippen LogP contribution is -2.40. The third kappa shape index (κ3) is 6.63. The lowest BCUT2D eigenvalue weighted by molar-refractivity contribution is -0.138. The van der Waals surface area contributed by atoms with E-state index >= 15 is 0 Å². The highest BCUT2D eigenvalue weighted by Gasteiger charge is 2.35. The molecule has 0 aliphatic carbocycles. The molecule has 10 heteroatoms. The number of esters is 1. The molecule has 4 aromatic carbocycles. The minimum Gasteiger partial charge on any atom is -0.497 e. The molecule has 0 radical (unpaired) electrons. The second-order valence-electron chi connectivity index (χ2n) is 10.6. The number of aromatic carboxylic acids is 1. The van der Waals surface area contributed by atoms with E-state index in [-0.39, 0.29) is 29.9 Å². The van der Waals surface area contributed by atoms with E-state index in [1.807, 2.05) is 54.6 Å². The molecule has 2 heterocycles. The number of carboxylic acid groups (broad SMARTS) is 1. The largest absolute Gasteiger partial charge is 0.497 e. The van der Waals surface area contributed by atoms with Crippen molar-refractivity contribution < 1.29 is 28.9 Å². The molecule has 0 fully saturated rings. The van der Waals surface area contributed by atoms with Crippen LogP contribution in [-0.2, 0) is 16.1 Å². The number of rotatable bonds is 10. The molecule has 0 bridgehead atoms. The van der Waals surface area contributed by atoms with Gasteiger partial charge in [-0.1, -0.05) is 78.1 Å². The molecule has 0 saturated heterocycles. The van der Waals surface area contributed by atoms with Crippen molar-refractivity contribution in [2.24, 2.45) is 4.99 Å². The fourth-order valence-electron chi connectivity index (χ4n) is 5.26. The fraction of sp³-hybridized carbons (Fsp3) is 0.135. The van der Waals surface area contributed by atoms with Gasteiger partial charge in [0.05, 0.1) is 41.1 Å². The minimum atomic E-state index is -0.979. The number of carboxylic acids is 1. The second kappa shape index (κ2) is 13.7. The molecule has 1 aliphatic heterocycles. The standard InChI is InChI=1S/C37H30N2O7S/c1-3-45-36(43)31-32(25-7-5-4-6-8-25)38-37-39(33(31)26-15-19-28(44-2)20-16-26)34(40)30(47-37)21-23-11-17-29(18-12-23)46-22-24-9-13-27(14-10-24)35(41)42/h4-21,33H,3,22H2,1-2H3,(H,41,42)/b30-21+/t33-/m1/s1. The van der Waals surface area contributed by atoms with Gasteiger partial charge in [-0.3, -0.25) is 9.36 Å². The Morgan fingerprint density at radius 2 is 1.60 bits per heavy atom. The summed E-state index contributed by atoms with van der Waals surface area (Å²) in [7, 11) is 1.58. The van der Waals surface area contributed by atoms with Gasteiger partial charge < -0.3 is 19.3 Å². The molecular formula is C37H30N2O7S. The summed E-state index contributed by atoms with van der Waals surface area (Å²) in [5.41, 5.74) is 3.73. The van der Waals surface area contributed by atoms with Crippen molar-refractivity contribution >= 4 is 35.0 Å². The Bertz CT molecular complexity index is 2130. The molecule has 0 saturated carbocycles. The smallest absolute Gasteiger partial charge is 0.338 e. The van der Waals surface area contributed by atoms with Crippen LogP contribution in [0.5, 0.6) is 11.5 Å². The Morgan fingerprint density at radius 1 is 0.915 bits per heavy atom. The zero-order valence-electron chi connectivity index (χ0n) is 25.6. The van der Waals surface area contributed by atoms with Gasteiger partial charge >= 0.3 is 11.9 Å². The van der Waals surface area contributed by atoms with E-state index in [2.05, 4.69) is 0 Å². The van der Waals surface area contributed by atoms with Crippen molar-refractivity contribution in [3.63, 3.8) is 0 Å². The maximum atomic E-state index is 14.1. The Hall–Kier alpha value is -5.74. The summed E-state index contributed by atoms with van der Waals surface area (Å²) >= 11 is 1.25. The number of thiazole rings is 1. The number of methoxy groups -OCH3 is 1. The van der Waals surface area contributed by atoms with Gasteiger partial charge in [-0.15, -0.1) is 0 Å². The van der Waals surface area contributed by atoms with Crippen molar-refractivity contribution in [2.75, 3.05) is 13.7 Å². The van der Waals surface area contributed by atoms with Crippen LogP contribution in [0.1, 0.15) is 45.6 Å². The number of carbonyl (C=O) groups excluding carboxylic acids is 1. The molecule has 0 spiro atoms. The van der Waals surface area contributed by atoms with Crippen molar-refractivity contribution in [1.82, 2.24) is 4.57 Å². The zero-order chi connectivity index (χ0) is 32.9. The van der Waals surface area contributed by atoms with Gasteiger partial charge in [0.2, 0.25) is 0 Å². The van der Waals surface area contributed by atoms with Crippen LogP contribution in [0.25, 0.3) is 11.8 Å². The average molecular weight is 647 g/mol. The van der Waals surface area contributed by atoms with Crippen molar-refractivity contribution in [2.45, 2.75) is 19.6 Å². The van der Waals surface area contributed by atoms with E-state index in [1.54, 1.807) is 61.1 Å². The predicted molar refractivity (Wildman–Crippen MR) is 178 cm³/mol. The first-order valence-corrected chi connectivity index (χ1v) is 15.7. The summed E-state index contributed by atoms with van der Waals surface area (Å²) in [6.45, 7) is 2.18. The Balaban J connectivity index is 1.39. The van der Waals surface area contributed by atoms with Gasteiger partial charge in [0.25, 0.3) is 5.56 Å². The van der Waals surface area contributed by atoms with Crippen LogP contribution in [0.4, 0.5) is 0 Å². The summed E-state index contributed by atoms with van der Waals surface area (Å²) in [6, 6.07) is 29.7.